The van der Waals surface area contributed by atoms with Crippen molar-refractivity contribution in [3.63, 3.8) is 0 Å². The molecule has 2 aromatic carbocycles. The monoisotopic (exact) mass is 682 g/mol. The lowest BCUT2D eigenvalue weighted by Gasteiger charge is -2.09. The van der Waals surface area contributed by atoms with Gasteiger partial charge in [-0.05, 0) is 11.1 Å². The van der Waals surface area contributed by atoms with Gasteiger partial charge < -0.3 is 56.8 Å². The van der Waals surface area contributed by atoms with Crippen LogP contribution in [0.1, 0.15) is 11.1 Å². The van der Waals surface area contributed by atoms with Gasteiger partial charge >= 0.3 is 0 Å². The quantitative estimate of drug-likeness (QED) is 0.0972. The van der Waals surface area contributed by atoms with Crippen molar-refractivity contribution in [2.45, 2.75) is 13.2 Å². The molecule has 0 fully saturated rings. The summed E-state index contributed by atoms with van der Waals surface area (Å²) < 4.78 is 66.1. The molecule has 0 radical (unpaired) electrons. The van der Waals surface area contributed by atoms with Gasteiger partial charge in [0.15, 0.2) is 0 Å². The summed E-state index contributed by atoms with van der Waals surface area (Å²) in [6, 6.07) is 20.2. The van der Waals surface area contributed by atoms with E-state index in [-0.39, 0.29) is 0 Å². The van der Waals surface area contributed by atoms with E-state index in [4.69, 9.17) is 56.8 Å². The standard InChI is InChI=1S/C36H58O12/c1-3-7-35(8-4-1)33-47-31-29-45-27-25-43-23-21-41-19-17-39-15-13-37-11-12-38-14-16-40-18-20-42-22-24-44-26-28-46-30-32-48-34-36-9-5-2-6-10-36/h1-10H,11-34H2. The molecule has 0 aromatic heterocycles. The molecule has 2 aromatic rings. The SMILES string of the molecule is c1ccc(COCCOCCOCCOCCOCCOCCOCCOCCOCCOCCOCCOCc2ccccc2)cc1. The Kier molecular flexibility index (Phi) is 30.6. The van der Waals surface area contributed by atoms with Crippen LogP contribution < -0.4 is 0 Å². The van der Waals surface area contributed by atoms with Gasteiger partial charge in [0.1, 0.15) is 0 Å². The minimum absolute atomic E-state index is 0.512. The van der Waals surface area contributed by atoms with Crippen molar-refractivity contribution in [2.24, 2.45) is 0 Å². The normalized spacial score (nSPS) is 11.4. The molecule has 0 saturated carbocycles. The second-order valence-corrected chi connectivity index (χ2v) is 10.2. The van der Waals surface area contributed by atoms with Gasteiger partial charge in [-0.15, -0.1) is 0 Å². The average molecular weight is 683 g/mol. The molecular weight excluding hydrogens is 624 g/mol. The Balaban J connectivity index is 1.13. The Labute approximate surface area is 287 Å². The van der Waals surface area contributed by atoms with Crippen LogP contribution >= 0.6 is 0 Å². The zero-order valence-electron chi connectivity index (χ0n) is 28.6. The molecule has 0 atom stereocenters. The van der Waals surface area contributed by atoms with Crippen molar-refractivity contribution in [2.75, 3.05) is 145 Å². The predicted molar refractivity (Wildman–Crippen MR) is 180 cm³/mol. The van der Waals surface area contributed by atoms with Gasteiger partial charge in [0.05, 0.1) is 159 Å². The fraction of sp³-hybridized carbons (Fsp3) is 0.667. The summed E-state index contributed by atoms with van der Waals surface area (Å²) >= 11 is 0. The summed E-state index contributed by atoms with van der Waals surface area (Å²) in [6.45, 7) is 12.8. The number of ether oxygens (including phenoxy) is 12. The molecule has 0 amide bonds. The average Bonchev–Trinajstić information content (AvgIpc) is 3.12. The maximum atomic E-state index is 5.57. The first kappa shape index (κ1) is 42.1. The van der Waals surface area contributed by atoms with E-state index in [1.165, 1.54) is 0 Å². The Morgan fingerprint density at radius 1 is 0.208 bits per heavy atom. The molecular formula is C36H58O12. The lowest BCUT2D eigenvalue weighted by atomic mass is 10.2. The Hall–Kier alpha value is -2.04. The maximum absolute atomic E-state index is 5.57. The smallest absolute Gasteiger partial charge is 0.0718 e. The van der Waals surface area contributed by atoms with Gasteiger partial charge in [0.2, 0.25) is 0 Å². The predicted octanol–water partition coefficient (Wildman–Crippen LogP) is 3.59. The molecule has 0 N–H and O–H groups in total. The molecule has 48 heavy (non-hydrogen) atoms. The van der Waals surface area contributed by atoms with Crippen LogP contribution in [0.25, 0.3) is 0 Å². The van der Waals surface area contributed by atoms with Crippen molar-refractivity contribution in [1.82, 2.24) is 0 Å². The van der Waals surface area contributed by atoms with Gasteiger partial charge in [-0.1, -0.05) is 60.7 Å². The van der Waals surface area contributed by atoms with E-state index in [0.29, 0.717) is 159 Å². The first-order valence-corrected chi connectivity index (χ1v) is 17.0. The highest BCUT2D eigenvalue weighted by Crippen LogP contribution is 2.01. The third-order valence-electron chi connectivity index (χ3n) is 6.32. The van der Waals surface area contributed by atoms with Crippen LogP contribution in [-0.4, -0.2) is 145 Å². The van der Waals surface area contributed by atoms with E-state index < -0.39 is 0 Å². The fourth-order valence-corrected chi connectivity index (χ4v) is 3.85. The third-order valence-corrected chi connectivity index (χ3v) is 6.32. The van der Waals surface area contributed by atoms with E-state index in [0.717, 1.165) is 11.1 Å². The van der Waals surface area contributed by atoms with Crippen LogP contribution in [0.2, 0.25) is 0 Å². The topological polar surface area (TPSA) is 111 Å². The first-order valence-electron chi connectivity index (χ1n) is 17.0. The summed E-state index contributed by atoms with van der Waals surface area (Å²) in [5, 5.41) is 0. The van der Waals surface area contributed by atoms with Crippen molar-refractivity contribution < 1.29 is 56.8 Å². The molecule has 0 aliphatic rings. The zero-order chi connectivity index (χ0) is 33.7. The highest BCUT2D eigenvalue weighted by molar-refractivity contribution is 5.14. The van der Waals surface area contributed by atoms with Gasteiger partial charge in [0, 0.05) is 0 Å². The van der Waals surface area contributed by atoms with Gasteiger partial charge in [-0.2, -0.15) is 0 Å². The van der Waals surface area contributed by atoms with Crippen LogP contribution in [0.3, 0.4) is 0 Å². The van der Waals surface area contributed by atoms with Crippen LogP contribution in [0, 0.1) is 0 Å². The highest BCUT2D eigenvalue weighted by Gasteiger charge is 1.97. The van der Waals surface area contributed by atoms with Crippen molar-refractivity contribution in [3.05, 3.63) is 71.8 Å². The van der Waals surface area contributed by atoms with Crippen molar-refractivity contribution >= 4 is 0 Å². The molecule has 0 saturated heterocycles. The van der Waals surface area contributed by atoms with Crippen LogP contribution in [-0.2, 0) is 70.1 Å². The summed E-state index contributed by atoms with van der Waals surface area (Å²) in [7, 11) is 0. The second kappa shape index (κ2) is 34.8. The third kappa shape index (κ3) is 28.9. The van der Waals surface area contributed by atoms with Crippen LogP contribution in [0.15, 0.2) is 60.7 Å². The molecule has 12 nitrogen and oxygen atoms in total. The van der Waals surface area contributed by atoms with Gasteiger partial charge in [-0.3, -0.25) is 0 Å². The van der Waals surface area contributed by atoms with E-state index in [1.807, 2.05) is 60.7 Å². The molecule has 0 bridgehead atoms. The molecule has 0 aliphatic carbocycles. The maximum Gasteiger partial charge on any atom is 0.0718 e. The molecule has 12 heteroatoms. The van der Waals surface area contributed by atoms with E-state index in [2.05, 4.69) is 0 Å². The second-order valence-electron chi connectivity index (χ2n) is 10.2. The molecule has 0 unspecified atom stereocenters. The fourth-order valence-electron chi connectivity index (χ4n) is 3.85. The summed E-state index contributed by atoms with van der Waals surface area (Å²) in [5.41, 5.74) is 2.32. The van der Waals surface area contributed by atoms with Crippen molar-refractivity contribution in [3.8, 4) is 0 Å². The van der Waals surface area contributed by atoms with E-state index in [9.17, 15) is 0 Å². The van der Waals surface area contributed by atoms with Crippen LogP contribution in [0.4, 0.5) is 0 Å². The summed E-state index contributed by atoms with van der Waals surface area (Å²) in [6.07, 6.45) is 0. The minimum atomic E-state index is 0.512. The molecule has 0 heterocycles. The number of hydrogen-bond donors (Lipinski definition) is 0. The number of benzene rings is 2. The van der Waals surface area contributed by atoms with Gasteiger partial charge in [-0.25, -0.2) is 0 Å². The highest BCUT2D eigenvalue weighted by atomic mass is 16.6. The van der Waals surface area contributed by atoms with Gasteiger partial charge in [0.25, 0.3) is 0 Å². The molecule has 274 valence electrons. The van der Waals surface area contributed by atoms with Crippen molar-refractivity contribution in [1.29, 1.82) is 0 Å². The minimum Gasteiger partial charge on any atom is -0.377 e. The molecule has 0 aliphatic heterocycles. The zero-order valence-corrected chi connectivity index (χ0v) is 28.6. The Bertz CT molecular complexity index is 820. The molecule has 0 spiro atoms. The largest absolute Gasteiger partial charge is 0.377 e. The summed E-state index contributed by atoms with van der Waals surface area (Å²) in [5.74, 6) is 0. The number of rotatable bonds is 37. The lowest BCUT2D eigenvalue weighted by Crippen LogP contribution is -2.15. The Morgan fingerprint density at radius 2 is 0.375 bits per heavy atom. The Morgan fingerprint density at radius 3 is 0.562 bits per heavy atom. The number of hydrogen-bond acceptors (Lipinski definition) is 12. The molecule has 2 rings (SSSR count). The summed E-state index contributed by atoms with van der Waals surface area (Å²) in [4.78, 5) is 0. The van der Waals surface area contributed by atoms with E-state index >= 15 is 0 Å². The first-order chi connectivity index (χ1) is 23.9. The van der Waals surface area contributed by atoms with Crippen LogP contribution in [0.5, 0.6) is 0 Å². The lowest BCUT2D eigenvalue weighted by molar-refractivity contribution is -0.0287. The van der Waals surface area contributed by atoms with E-state index in [1.54, 1.807) is 0 Å².